The summed E-state index contributed by atoms with van der Waals surface area (Å²) in [6.07, 6.45) is 7.23. The Morgan fingerprint density at radius 1 is 0.722 bits per heavy atom. The van der Waals surface area contributed by atoms with Crippen LogP contribution in [0.1, 0.15) is 110 Å². The number of nitrogens with zero attached hydrogens (tertiary/aromatic N) is 3. The number of carboxylic acids is 5. The molecule has 0 aromatic heterocycles. The number of hydrogen-bond donors (Lipinski definition) is 9. The molecule has 4 aliphatic rings. The number of nitrogens with one attached hydrogen (secondary N) is 2. The minimum Gasteiger partial charge on any atom is -0.481 e. The Kier molecular flexibility index (Phi) is 21.8. The lowest BCUT2D eigenvalue weighted by molar-refractivity contribution is -0.202. The van der Waals surface area contributed by atoms with Crippen LogP contribution in [0.25, 0.3) is 0 Å². The highest BCUT2D eigenvalue weighted by Crippen LogP contribution is 2.68. The first kappa shape index (κ1) is 58.2. The fraction of sp³-hybridized carbons (Fsp3) is 0.750. The smallest absolute Gasteiger partial charge is 0.317 e. The molecule has 20 heteroatoms. The SMILES string of the molecule is C[C@H](CCC(=O)O)[C@H]1CC[C@H]2[C@@H]3[C@H](O)C[C@@H]4C[C@@H](NC(=O)CCCCCNC(=O)C(COCc5ccccc5)N(CCN(CCN(CC(=O)O)CC(=O)O)CC(=O)O)CC(=O)O)CC[C@]4(C)[C@H]3C[C@H](O)[C@]12C. The third kappa shape index (κ3) is 15.9. The second-order valence-electron chi connectivity index (χ2n) is 21.7. The topological polar surface area (TPSA) is 304 Å². The van der Waals surface area contributed by atoms with Gasteiger partial charge in [0.05, 0.1) is 51.6 Å². The van der Waals surface area contributed by atoms with Crippen molar-refractivity contribution in [2.75, 3.05) is 65.5 Å². The Morgan fingerprint density at radius 3 is 2.01 bits per heavy atom. The average Bonchev–Trinajstić information content (AvgIpc) is 3.67. The van der Waals surface area contributed by atoms with E-state index in [1.165, 1.54) is 9.80 Å². The molecule has 0 saturated heterocycles. The van der Waals surface area contributed by atoms with Gasteiger partial charge in [0.2, 0.25) is 11.8 Å². The van der Waals surface area contributed by atoms with Crippen molar-refractivity contribution in [1.82, 2.24) is 25.3 Å². The largest absolute Gasteiger partial charge is 0.481 e. The van der Waals surface area contributed by atoms with Gasteiger partial charge < -0.3 is 51.1 Å². The minimum atomic E-state index is -1.26. The molecule has 9 N–H and O–H groups in total. The second kappa shape index (κ2) is 27.0. The summed E-state index contributed by atoms with van der Waals surface area (Å²) in [5.74, 6) is -5.39. The number of carbonyl (C=O) groups excluding carboxylic acids is 2. The molecule has 5 rings (SSSR count). The molecule has 1 aromatic carbocycles. The highest BCUT2D eigenvalue weighted by atomic mass is 16.5. The number of carbonyl (C=O) groups is 7. The predicted octanol–water partition coefficient (Wildman–Crippen LogP) is 3.08. The zero-order valence-electron chi connectivity index (χ0n) is 42.4. The quantitative estimate of drug-likeness (QED) is 0.0483. The number of ether oxygens (including phenoxy) is 1. The van der Waals surface area contributed by atoms with Gasteiger partial charge in [-0.3, -0.25) is 48.3 Å². The normalized spacial score (nSPS) is 28.6. The van der Waals surface area contributed by atoms with Crippen LogP contribution in [-0.4, -0.2) is 182 Å². The van der Waals surface area contributed by atoms with Crippen molar-refractivity contribution in [2.45, 2.75) is 135 Å². The van der Waals surface area contributed by atoms with E-state index in [9.17, 15) is 69.3 Å². The van der Waals surface area contributed by atoms with Gasteiger partial charge in [-0.1, -0.05) is 57.5 Å². The van der Waals surface area contributed by atoms with E-state index in [0.717, 1.165) is 42.6 Å². The van der Waals surface area contributed by atoms with E-state index >= 15 is 0 Å². The molecule has 0 heterocycles. The van der Waals surface area contributed by atoms with Gasteiger partial charge in [0.25, 0.3) is 0 Å². The monoisotopic (exact) mass is 1020 g/mol. The Bertz CT molecular complexity index is 1980. The van der Waals surface area contributed by atoms with Gasteiger partial charge in [-0.05, 0) is 116 Å². The van der Waals surface area contributed by atoms with Crippen LogP contribution in [0.5, 0.6) is 0 Å². The van der Waals surface area contributed by atoms with Crippen LogP contribution < -0.4 is 10.6 Å². The van der Waals surface area contributed by atoms with Crippen molar-refractivity contribution in [2.24, 2.45) is 46.3 Å². The Morgan fingerprint density at radius 2 is 1.36 bits per heavy atom. The number of rotatable bonds is 31. The molecule has 12 atom stereocenters. The van der Waals surface area contributed by atoms with Crippen LogP contribution in [0.15, 0.2) is 30.3 Å². The van der Waals surface area contributed by atoms with Crippen molar-refractivity contribution >= 4 is 41.7 Å². The molecule has 0 bridgehead atoms. The van der Waals surface area contributed by atoms with Crippen LogP contribution in [-0.2, 0) is 44.9 Å². The van der Waals surface area contributed by atoms with Gasteiger partial charge in [0.1, 0.15) is 6.04 Å². The van der Waals surface area contributed by atoms with Crippen molar-refractivity contribution in [3.8, 4) is 0 Å². The number of benzene rings is 1. The zero-order valence-corrected chi connectivity index (χ0v) is 42.4. The van der Waals surface area contributed by atoms with E-state index in [1.54, 1.807) is 0 Å². The van der Waals surface area contributed by atoms with E-state index in [2.05, 4.69) is 31.4 Å². The maximum Gasteiger partial charge on any atom is 0.317 e. The fourth-order valence-corrected chi connectivity index (χ4v) is 13.4. The number of amides is 2. The zero-order chi connectivity index (χ0) is 52.8. The van der Waals surface area contributed by atoms with E-state index in [4.69, 9.17) is 4.74 Å². The summed E-state index contributed by atoms with van der Waals surface area (Å²) in [5, 5.41) is 77.2. The lowest BCUT2D eigenvalue weighted by Crippen LogP contribution is -2.63. The van der Waals surface area contributed by atoms with Gasteiger partial charge in [-0.25, -0.2) is 0 Å². The lowest BCUT2D eigenvalue weighted by Gasteiger charge is -2.63. The fourth-order valence-electron chi connectivity index (χ4n) is 13.4. The van der Waals surface area contributed by atoms with Gasteiger partial charge in [0, 0.05) is 51.6 Å². The summed E-state index contributed by atoms with van der Waals surface area (Å²) >= 11 is 0. The van der Waals surface area contributed by atoms with Crippen LogP contribution in [0.3, 0.4) is 0 Å². The lowest BCUT2D eigenvalue weighted by atomic mass is 9.43. The molecule has 1 aromatic rings. The van der Waals surface area contributed by atoms with Crippen molar-refractivity contribution in [3.63, 3.8) is 0 Å². The molecule has 0 spiro atoms. The van der Waals surface area contributed by atoms with E-state index < -0.39 is 80.2 Å². The molecule has 404 valence electrons. The molecule has 72 heavy (non-hydrogen) atoms. The maximum absolute atomic E-state index is 13.8. The van der Waals surface area contributed by atoms with Crippen LogP contribution in [0, 0.1) is 46.3 Å². The predicted molar refractivity (Wildman–Crippen MR) is 262 cm³/mol. The first-order chi connectivity index (χ1) is 34.1. The summed E-state index contributed by atoms with van der Waals surface area (Å²) < 4.78 is 5.93. The summed E-state index contributed by atoms with van der Waals surface area (Å²) in [7, 11) is 0. The molecular formula is C52H81N5O15. The molecule has 4 saturated carbocycles. The van der Waals surface area contributed by atoms with Crippen LogP contribution in [0.2, 0.25) is 0 Å². The third-order valence-electron chi connectivity index (χ3n) is 17.1. The molecule has 1 unspecified atom stereocenters. The Balaban J connectivity index is 1.11. The molecule has 4 fully saturated rings. The Hall–Kier alpha value is -4.73. The number of aliphatic hydroxyl groups excluding tert-OH is 2. The summed E-state index contributed by atoms with van der Waals surface area (Å²) in [4.78, 5) is 89.0. The third-order valence-corrected chi connectivity index (χ3v) is 17.1. The first-order valence-corrected chi connectivity index (χ1v) is 25.9. The second-order valence-corrected chi connectivity index (χ2v) is 21.7. The number of carboxylic acid groups (broad SMARTS) is 5. The van der Waals surface area contributed by atoms with E-state index in [1.807, 2.05) is 30.3 Å². The Labute approximate surface area is 422 Å². The molecule has 20 nitrogen and oxygen atoms in total. The molecule has 2 amide bonds. The van der Waals surface area contributed by atoms with E-state index in [-0.39, 0.29) is 117 Å². The van der Waals surface area contributed by atoms with E-state index in [0.29, 0.717) is 38.5 Å². The molecular weight excluding hydrogens is 935 g/mol. The average molecular weight is 1020 g/mol. The van der Waals surface area contributed by atoms with Crippen LogP contribution >= 0.6 is 0 Å². The van der Waals surface area contributed by atoms with Gasteiger partial charge in [0.15, 0.2) is 0 Å². The number of aliphatic hydroxyl groups is 2. The van der Waals surface area contributed by atoms with Crippen molar-refractivity contribution in [1.29, 1.82) is 0 Å². The first-order valence-electron chi connectivity index (χ1n) is 25.9. The van der Waals surface area contributed by atoms with Crippen LogP contribution in [0.4, 0.5) is 0 Å². The summed E-state index contributed by atoms with van der Waals surface area (Å²) in [6.45, 7) is 4.23. The summed E-state index contributed by atoms with van der Waals surface area (Å²) in [5.41, 5.74) is 0.374. The molecule has 0 aliphatic heterocycles. The van der Waals surface area contributed by atoms with Gasteiger partial charge >= 0.3 is 29.8 Å². The number of aliphatic carboxylic acids is 5. The van der Waals surface area contributed by atoms with Crippen molar-refractivity contribution in [3.05, 3.63) is 35.9 Å². The maximum atomic E-state index is 13.8. The summed E-state index contributed by atoms with van der Waals surface area (Å²) in [6, 6.07) is 8.05. The minimum absolute atomic E-state index is 0.0297. The highest BCUT2D eigenvalue weighted by molar-refractivity contribution is 5.82. The molecule has 4 aliphatic carbocycles. The highest BCUT2D eigenvalue weighted by Gasteiger charge is 2.65. The number of fused-ring (bicyclic) bond motifs is 5. The standard InChI is InChI=1S/C52H81N5O15/c1-33(13-16-44(61)62)37-14-15-38-49-39(26-42(59)52(37,38)3)51(2)18-17-36(24-35(51)25-41(49)58)54-43(60)12-8-5-9-19-53-50(71)40(32-72-31-34-10-6-4-7-11-34)57(30-48(69)70)23-22-55(27-45(63)64)20-21-56(28-46(65)66)29-47(67)68/h4,6-7,10-11,33,35-42,49,58-59H,5,8-9,12-32H2,1-3H3,(H,53,71)(H,54,60)(H,61,62)(H,63,64)(H,65,66)(H,67,68)(H,69,70)/t33-,35+,36+,37-,38+,39+,40?,41-,42+,49+,51+,52-/m1/s1. The number of hydrogen-bond acceptors (Lipinski definition) is 13. The van der Waals surface area contributed by atoms with Gasteiger partial charge in [-0.2, -0.15) is 0 Å². The van der Waals surface area contributed by atoms with Gasteiger partial charge in [-0.15, -0.1) is 0 Å². The van der Waals surface area contributed by atoms with Crippen molar-refractivity contribution < 1.29 is 74.0 Å². The number of unbranched alkanes of at least 4 members (excludes halogenated alkanes) is 2. The molecule has 0 radical (unpaired) electrons.